The van der Waals surface area contributed by atoms with Gasteiger partial charge in [0.05, 0.1) is 5.56 Å². The average molecular weight is 304 g/mol. The van der Waals surface area contributed by atoms with Crippen LogP contribution in [0, 0.1) is 0 Å². The van der Waals surface area contributed by atoms with Crippen LogP contribution < -0.4 is 0 Å². The van der Waals surface area contributed by atoms with Crippen LogP contribution in [0.25, 0.3) is 0 Å². The number of rotatable bonds is 4. The van der Waals surface area contributed by atoms with Crippen molar-refractivity contribution in [3.63, 3.8) is 0 Å². The van der Waals surface area contributed by atoms with Crippen LogP contribution in [0.1, 0.15) is 37.0 Å². The summed E-state index contributed by atoms with van der Waals surface area (Å²) < 4.78 is 49.3. The van der Waals surface area contributed by atoms with E-state index in [0.29, 0.717) is 32.7 Å². The Morgan fingerprint density at radius 3 is 2.57 bits per heavy atom. The number of aliphatic hydroxyl groups excluding tert-OH is 1. The fourth-order valence-corrected chi connectivity index (χ4v) is 2.69. The molecule has 1 fully saturated rings. The number of hydrogen-bond acceptors (Lipinski definition) is 3. The van der Waals surface area contributed by atoms with Gasteiger partial charge >= 0.3 is 6.18 Å². The maximum atomic E-state index is 12.8. The third kappa shape index (κ3) is 3.56. The smallest absolute Gasteiger partial charge is 0.385 e. The highest BCUT2D eigenvalue weighted by Crippen LogP contribution is 2.39. The summed E-state index contributed by atoms with van der Waals surface area (Å²) in [5.41, 5.74) is -1.42. The van der Waals surface area contributed by atoms with Crippen molar-refractivity contribution in [2.24, 2.45) is 0 Å². The summed E-state index contributed by atoms with van der Waals surface area (Å²) in [6, 6.07) is 4.78. The number of ether oxygens (including phenoxy) is 2. The molecule has 0 bridgehead atoms. The first-order valence-electron chi connectivity index (χ1n) is 6.96. The summed E-state index contributed by atoms with van der Waals surface area (Å²) >= 11 is 0. The summed E-state index contributed by atoms with van der Waals surface area (Å²) in [6.07, 6.45) is -4.62. The quantitative estimate of drug-likeness (QED) is 0.927. The topological polar surface area (TPSA) is 38.7 Å². The molecule has 1 aliphatic heterocycles. The number of alkyl halides is 3. The van der Waals surface area contributed by atoms with Crippen molar-refractivity contribution in [3.05, 3.63) is 35.4 Å². The highest BCUT2D eigenvalue weighted by atomic mass is 19.4. The number of halogens is 3. The second-order valence-electron chi connectivity index (χ2n) is 5.14. The molecule has 1 heterocycles. The molecule has 0 saturated carbocycles. The molecule has 6 heteroatoms. The molecule has 0 amide bonds. The number of aliphatic hydroxyl groups is 1. The van der Waals surface area contributed by atoms with Gasteiger partial charge < -0.3 is 14.6 Å². The van der Waals surface area contributed by atoms with Gasteiger partial charge in [0, 0.05) is 32.7 Å². The van der Waals surface area contributed by atoms with Crippen LogP contribution in [-0.2, 0) is 15.7 Å². The Hall–Kier alpha value is -1.11. The molecule has 0 radical (unpaired) electrons. The predicted molar refractivity (Wildman–Crippen MR) is 70.8 cm³/mol. The Balaban J connectivity index is 2.30. The fraction of sp³-hybridized carbons (Fsp3) is 0.600. The first kappa shape index (κ1) is 16.3. The first-order valence-corrected chi connectivity index (χ1v) is 6.96. The van der Waals surface area contributed by atoms with Gasteiger partial charge in [-0.2, -0.15) is 13.2 Å². The molecular formula is C15H19F3O3. The lowest BCUT2D eigenvalue weighted by molar-refractivity contribution is -0.168. The summed E-state index contributed by atoms with van der Waals surface area (Å²) in [5.74, 6) is 0. The molecule has 1 atom stereocenters. The van der Waals surface area contributed by atoms with Gasteiger partial charge in [0.15, 0.2) is 0 Å². The summed E-state index contributed by atoms with van der Waals surface area (Å²) in [7, 11) is 0. The molecule has 1 unspecified atom stereocenters. The van der Waals surface area contributed by atoms with Crippen LogP contribution in [0.3, 0.4) is 0 Å². The van der Waals surface area contributed by atoms with Gasteiger partial charge in [0.25, 0.3) is 0 Å². The molecule has 0 spiro atoms. The van der Waals surface area contributed by atoms with Crippen molar-refractivity contribution in [1.82, 2.24) is 0 Å². The second-order valence-corrected chi connectivity index (χ2v) is 5.14. The highest BCUT2D eigenvalue weighted by Gasteiger charge is 2.42. The summed E-state index contributed by atoms with van der Waals surface area (Å²) in [5, 5.41) is 10.6. The lowest BCUT2D eigenvalue weighted by Gasteiger charge is -2.40. The van der Waals surface area contributed by atoms with E-state index in [-0.39, 0.29) is 5.56 Å². The van der Waals surface area contributed by atoms with Crippen LogP contribution in [0.2, 0.25) is 0 Å². The molecule has 3 nitrogen and oxygen atoms in total. The Labute approximate surface area is 121 Å². The number of hydrogen-bond donors (Lipinski definition) is 1. The maximum Gasteiger partial charge on any atom is 0.416 e. The van der Waals surface area contributed by atoms with Gasteiger partial charge in [0.2, 0.25) is 0 Å². The van der Waals surface area contributed by atoms with E-state index < -0.39 is 23.4 Å². The van der Waals surface area contributed by atoms with Crippen molar-refractivity contribution in [1.29, 1.82) is 0 Å². The Bertz CT molecular complexity index is 462. The first-order chi connectivity index (χ1) is 9.89. The summed E-state index contributed by atoms with van der Waals surface area (Å²) in [4.78, 5) is 0. The van der Waals surface area contributed by atoms with Crippen LogP contribution >= 0.6 is 0 Å². The normalized spacial score (nSPS) is 20.2. The monoisotopic (exact) mass is 304 g/mol. The standard InChI is InChI=1S/C15H19F3O3/c1-2-21-14(6-8-20-9-7-14)13(19)11-4-3-5-12(10-11)15(16,17)18/h3-5,10,13,19H,2,6-9H2,1H3. The highest BCUT2D eigenvalue weighted by molar-refractivity contribution is 5.29. The van der Waals surface area contributed by atoms with Gasteiger partial charge in [-0.05, 0) is 24.6 Å². The van der Waals surface area contributed by atoms with Gasteiger partial charge in [-0.15, -0.1) is 0 Å². The van der Waals surface area contributed by atoms with Gasteiger partial charge in [-0.1, -0.05) is 12.1 Å². The third-order valence-electron chi connectivity index (χ3n) is 3.80. The van der Waals surface area contributed by atoms with E-state index in [9.17, 15) is 18.3 Å². The minimum atomic E-state index is -4.43. The molecule has 1 aromatic carbocycles. The Morgan fingerprint density at radius 1 is 1.33 bits per heavy atom. The van der Waals surface area contributed by atoms with Crippen molar-refractivity contribution in [2.45, 2.75) is 37.6 Å². The maximum absolute atomic E-state index is 12.8. The van der Waals surface area contributed by atoms with Crippen LogP contribution in [0.15, 0.2) is 24.3 Å². The van der Waals surface area contributed by atoms with Crippen molar-refractivity contribution in [3.8, 4) is 0 Å². The van der Waals surface area contributed by atoms with Crippen LogP contribution in [-0.4, -0.2) is 30.5 Å². The van der Waals surface area contributed by atoms with E-state index in [1.54, 1.807) is 6.92 Å². The molecule has 118 valence electrons. The predicted octanol–water partition coefficient (Wildman–Crippen LogP) is 3.32. The van der Waals surface area contributed by atoms with E-state index >= 15 is 0 Å². The zero-order chi connectivity index (χ0) is 15.5. The fourth-order valence-electron chi connectivity index (χ4n) is 2.69. The van der Waals surface area contributed by atoms with Crippen LogP contribution in [0.4, 0.5) is 13.2 Å². The van der Waals surface area contributed by atoms with E-state index in [1.165, 1.54) is 12.1 Å². The minimum absolute atomic E-state index is 0.222. The Morgan fingerprint density at radius 2 is 2.00 bits per heavy atom. The lowest BCUT2D eigenvalue weighted by atomic mass is 9.83. The largest absolute Gasteiger partial charge is 0.416 e. The van der Waals surface area contributed by atoms with Crippen molar-refractivity contribution < 1.29 is 27.8 Å². The zero-order valence-corrected chi connectivity index (χ0v) is 11.8. The average Bonchev–Trinajstić information content (AvgIpc) is 2.47. The van der Waals surface area contributed by atoms with E-state index in [2.05, 4.69) is 0 Å². The SMILES string of the molecule is CCOC1(C(O)c2cccc(C(F)(F)F)c2)CCOCC1. The number of benzene rings is 1. The lowest BCUT2D eigenvalue weighted by Crippen LogP contribution is -2.44. The second kappa shape index (κ2) is 6.34. The van der Waals surface area contributed by atoms with Gasteiger partial charge in [-0.25, -0.2) is 0 Å². The molecule has 1 aliphatic rings. The van der Waals surface area contributed by atoms with Crippen LogP contribution in [0.5, 0.6) is 0 Å². The van der Waals surface area contributed by atoms with E-state index in [1.807, 2.05) is 0 Å². The molecule has 21 heavy (non-hydrogen) atoms. The molecule has 0 aromatic heterocycles. The van der Waals surface area contributed by atoms with Crippen molar-refractivity contribution >= 4 is 0 Å². The van der Waals surface area contributed by atoms with Gasteiger partial charge in [-0.3, -0.25) is 0 Å². The Kier molecular flexibility index (Phi) is 4.91. The third-order valence-corrected chi connectivity index (χ3v) is 3.80. The molecule has 1 N–H and O–H groups in total. The zero-order valence-electron chi connectivity index (χ0n) is 11.8. The van der Waals surface area contributed by atoms with Crippen molar-refractivity contribution in [2.75, 3.05) is 19.8 Å². The molecule has 2 rings (SSSR count). The molecule has 1 saturated heterocycles. The molecule has 0 aliphatic carbocycles. The minimum Gasteiger partial charge on any atom is -0.385 e. The summed E-state index contributed by atoms with van der Waals surface area (Å²) in [6.45, 7) is 3.04. The van der Waals surface area contributed by atoms with Gasteiger partial charge in [0.1, 0.15) is 11.7 Å². The molecular weight excluding hydrogens is 285 g/mol. The van der Waals surface area contributed by atoms with E-state index in [4.69, 9.17) is 9.47 Å². The van der Waals surface area contributed by atoms with E-state index in [0.717, 1.165) is 12.1 Å². The molecule has 1 aromatic rings.